The summed E-state index contributed by atoms with van der Waals surface area (Å²) >= 11 is 0. The molecule has 3 heterocycles. The Kier molecular flexibility index (Phi) is 6.73. The lowest BCUT2D eigenvalue weighted by Gasteiger charge is -2.27. The third-order valence-electron chi connectivity index (χ3n) is 5.93. The summed E-state index contributed by atoms with van der Waals surface area (Å²) in [4.78, 5) is 36.7. The number of halogens is 1. The molecule has 0 bridgehead atoms. The van der Waals surface area contributed by atoms with Crippen molar-refractivity contribution in [2.75, 3.05) is 43.1 Å². The van der Waals surface area contributed by atoms with Crippen LogP contribution in [-0.4, -0.2) is 65.8 Å². The van der Waals surface area contributed by atoms with Crippen LogP contribution in [0, 0.1) is 11.7 Å². The SMILES string of the molecule is CC(C)[C@H]1COC(=O)N1c1ccnc(N[C@@H](C)c2ccc(C(=O)N3CCOCC3)c(F)c2)n1. The minimum atomic E-state index is -0.577. The Labute approximate surface area is 191 Å². The van der Waals surface area contributed by atoms with Crippen molar-refractivity contribution in [1.29, 1.82) is 0 Å². The number of nitrogens with one attached hydrogen (secondary N) is 1. The van der Waals surface area contributed by atoms with Crippen LogP contribution in [0.1, 0.15) is 42.7 Å². The Morgan fingerprint density at radius 3 is 2.67 bits per heavy atom. The van der Waals surface area contributed by atoms with Crippen molar-refractivity contribution in [3.05, 3.63) is 47.4 Å². The molecule has 10 heteroatoms. The molecule has 1 aromatic heterocycles. The molecular formula is C23H28FN5O4. The van der Waals surface area contributed by atoms with E-state index in [-0.39, 0.29) is 29.5 Å². The molecule has 2 aromatic rings. The van der Waals surface area contributed by atoms with Gasteiger partial charge in [-0.15, -0.1) is 0 Å². The van der Waals surface area contributed by atoms with E-state index in [0.717, 1.165) is 0 Å². The Hall–Kier alpha value is -3.27. The van der Waals surface area contributed by atoms with Crippen LogP contribution in [-0.2, 0) is 9.47 Å². The first-order valence-electron chi connectivity index (χ1n) is 11.1. The van der Waals surface area contributed by atoms with Gasteiger partial charge in [0.25, 0.3) is 5.91 Å². The molecule has 2 fully saturated rings. The number of benzene rings is 1. The summed E-state index contributed by atoms with van der Waals surface area (Å²) in [6.07, 6.45) is 1.12. The molecule has 176 valence electrons. The van der Waals surface area contributed by atoms with Gasteiger partial charge in [-0.2, -0.15) is 4.98 Å². The third kappa shape index (κ3) is 4.90. The van der Waals surface area contributed by atoms with Crippen molar-refractivity contribution >= 4 is 23.8 Å². The molecule has 4 rings (SSSR count). The second-order valence-electron chi connectivity index (χ2n) is 8.51. The maximum atomic E-state index is 14.8. The Balaban J connectivity index is 1.48. The Morgan fingerprint density at radius 2 is 1.97 bits per heavy atom. The van der Waals surface area contributed by atoms with Gasteiger partial charge in [0.2, 0.25) is 5.95 Å². The number of morpholine rings is 1. The van der Waals surface area contributed by atoms with Gasteiger partial charge in [-0.25, -0.2) is 14.2 Å². The summed E-state index contributed by atoms with van der Waals surface area (Å²) in [7, 11) is 0. The van der Waals surface area contributed by atoms with Crippen molar-refractivity contribution in [3.8, 4) is 0 Å². The molecule has 9 nitrogen and oxygen atoms in total. The maximum Gasteiger partial charge on any atom is 0.415 e. The second-order valence-corrected chi connectivity index (χ2v) is 8.51. The summed E-state index contributed by atoms with van der Waals surface area (Å²) in [5.74, 6) is 0.0288. The zero-order valence-corrected chi connectivity index (χ0v) is 19.0. The van der Waals surface area contributed by atoms with Crippen molar-refractivity contribution in [1.82, 2.24) is 14.9 Å². The fourth-order valence-electron chi connectivity index (χ4n) is 3.93. The van der Waals surface area contributed by atoms with E-state index in [1.54, 1.807) is 23.2 Å². The van der Waals surface area contributed by atoms with E-state index in [4.69, 9.17) is 9.47 Å². The second kappa shape index (κ2) is 9.70. The minimum Gasteiger partial charge on any atom is -0.447 e. The average molecular weight is 458 g/mol. The molecule has 2 amide bonds. The van der Waals surface area contributed by atoms with E-state index >= 15 is 0 Å². The van der Waals surface area contributed by atoms with Crippen LogP contribution in [0.3, 0.4) is 0 Å². The number of ether oxygens (including phenoxy) is 2. The number of aromatic nitrogens is 2. The van der Waals surface area contributed by atoms with Gasteiger partial charge in [0.15, 0.2) is 0 Å². The molecule has 0 radical (unpaired) electrons. The number of rotatable bonds is 6. The number of hydrogen-bond acceptors (Lipinski definition) is 7. The highest BCUT2D eigenvalue weighted by atomic mass is 19.1. The number of hydrogen-bond donors (Lipinski definition) is 1. The lowest BCUT2D eigenvalue weighted by Crippen LogP contribution is -2.41. The highest BCUT2D eigenvalue weighted by molar-refractivity contribution is 5.94. The van der Waals surface area contributed by atoms with E-state index in [2.05, 4.69) is 15.3 Å². The van der Waals surface area contributed by atoms with Crippen LogP contribution in [0.15, 0.2) is 30.5 Å². The molecule has 2 atom stereocenters. The van der Waals surface area contributed by atoms with Gasteiger partial charge >= 0.3 is 6.09 Å². The van der Waals surface area contributed by atoms with Gasteiger partial charge in [0.1, 0.15) is 18.2 Å². The number of carbonyl (C=O) groups is 2. The van der Waals surface area contributed by atoms with Crippen LogP contribution in [0.25, 0.3) is 0 Å². The maximum absolute atomic E-state index is 14.8. The predicted molar refractivity (Wildman–Crippen MR) is 120 cm³/mol. The largest absolute Gasteiger partial charge is 0.447 e. The monoisotopic (exact) mass is 457 g/mol. The summed E-state index contributed by atoms with van der Waals surface area (Å²) in [5.41, 5.74) is 0.680. The first kappa shape index (κ1) is 22.9. The van der Waals surface area contributed by atoms with Crippen LogP contribution in [0.4, 0.5) is 21.0 Å². The number of amides is 2. The topological polar surface area (TPSA) is 96.9 Å². The van der Waals surface area contributed by atoms with Crippen LogP contribution < -0.4 is 10.2 Å². The van der Waals surface area contributed by atoms with Crippen LogP contribution >= 0.6 is 0 Å². The normalized spacial score (nSPS) is 19.5. The molecule has 0 unspecified atom stereocenters. The highest BCUT2D eigenvalue weighted by Crippen LogP contribution is 2.27. The zero-order valence-electron chi connectivity index (χ0n) is 19.0. The number of anilines is 2. The van der Waals surface area contributed by atoms with Crippen molar-refractivity contribution in [2.24, 2.45) is 5.92 Å². The minimum absolute atomic E-state index is 0.0402. The van der Waals surface area contributed by atoms with E-state index in [1.165, 1.54) is 17.0 Å². The van der Waals surface area contributed by atoms with Gasteiger partial charge < -0.3 is 19.7 Å². The lowest BCUT2D eigenvalue weighted by atomic mass is 10.0. The highest BCUT2D eigenvalue weighted by Gasteiger charge is 2.37. The molecule has 2 aliphatic heterocycles. The fourth-order valence-corrected chi connectivity index (χ4v) is 3.93. The summed E-state index contributed by atoms with van der Waals surface area (Å²) in [6.45, 7) is 8.01. The third-order valence-corrected chi connectivity index (χ3v) is 5.93. The van der Waals surface area contributed by atoms with E-state index in [9.17, 15) is 14.0 Å². The quantitative estimate of drug-likeness (QED) is 0.711. The molecular weight excluding hydrogens is 429 g/mol. The number of nitrogens with zero attached hydrogens (tertiary/aromatic N) is 4. The van der Waals surface area contributed by atoms with Crippen LogP contribution in [0.2, 0.25) is 0 Å². The Morgan fingerprint density at radius 1 is 1.21 bits per heavy atom. The van der Waals surface area contributed by atoms with Gasteiger partial charge in [-0.3, -0.25) is 9.69 Å². The molecule has 33 heavy (non-hydrogen) atoms. The van der Waals surface area contributed by atoms with Crippen molar-refractivity contribution in [3.63, 3.8) is 0 Å². The van der Waals surface area contributed by atoms with Gasteiger partial charge in [-0.05, 0) is 36.6 Å². The van der Waals surface area contributed by atoms with Gasteiger partial charge in [0.05, 0.1) is 30.9 Å². The zero-order chi connectivity index (χ0) is 23.5. The summed E-state index contributed by atoms with van der Waals surface area (Å²) in [5, 5.41) is 3.14. The molecule has 0 spiro atoms. The fraction of sp³-hybridized carbons (Fsp3) is 0.478. The average Bonchev–Trinajstić information content (AvgIpc) is 3.21. The molecule has 1 N–H and O–H groups in total. The summed E-state index contributed by atoms with van der Waals surface area (Å²) < 4.78 is 25.2. The first-order valence-corrected chi connectivity index (χ1v) is 11.1. The smallest absolute Gasteiger partial charge is 0.415 e. The van der Waals surface area contributed by atoms with E-state index in [0.29, 0.717) is 50.2 Å². The number of cyclic esters (lactones) is 1. The van der Waals surface area contributed by atoms with Crippen molar-refractivity contribution in [2.45, 2.75) is 32.9 Å². The van der Waals surface area contributed by atoms with Gasteiger partial charge in [-0.1, -0.05) is 19.9 Å². The molecule has 0 aliphatic carbocycles. The number of carbonyl (C=O) groups excluding carboxylic acids is 2. The summed E-state index contributed by atoms with van der Waals surface area (Å²) in [6, 6.07) is 5.78. The van der Waals surface area contributed by atoms with Crippen LogP contribution in [0.5, 0.6) is 0 Å². The molecule has 2 saturated heterocycles. The Bertz CT molecular complexity index is 1030. The standard InChI is InChI=1S/C23H28FN5O4/c1-14(2)19-13-33-23(31)29(19)20-6-7-25-22(27-20)26-15(3)16-4-5-17(18(24)12-16)21(30)28-8-10-32-11-9-28/h4-7,12,14-15,19H,8-11,13H2,1-3H3,(H,25,26,27)/t15-,19+/m0/s1. The molecule has 1 aromatic carbocycles. The predicted octanol–water partition coefficient (Wildman–Crippen LogP) is 3.24. The first-order chi connectivity index (χ1) is 15.8. The lowest BCUT2D eigenvalue weighted by molar-refractivity contribution is 0.0300. The molecule has 2 aliphatic rings. The van der Waals surface area contributed by atoms with Gasteiger partial charge in [0, 0.05) is 19.3 Å². The van der Waals surface area contributed by atoms with E-state index in [1.807, 2.05) is 20.8 Å². The molecule has 0 saturated carbocycles. The van der Waals surface area contributed by atoms with Crippen molar-refractivity contribution < 1.29 is 23.5 Å². The van der Waals surface area contributed by atoms with E-state index < -0.39 is 11.9 Å².